The van der Waals surface area contributed by atoms with Gasteiger partial charge in [0, 0.05) is 0 Å². The smallest absolute Gasteiger partial charge is 0.0521 e. The Hall–Kier alpha value is -0.750. The van der Waals surface area contributed by atoms with Crippen LogP contribution in [-0.2, 0) is 6.42 Å². The van der Waals surface area contributed by atoms with Gasteiger partial charge < -0.3 is 0 Å². The first kappa shape index (κ1) is 9.79. The molecule has 0 heterocycles. The third-order valence-corrected chi connectivity index (χ3v) is 3.05. The van der Waals surface area contributed by atoms with E-state index < -0.39 is 0 Å². The van der Waals surface area contributed by atoms with E-state index in [4.69, 9.17) is 11.6 Å². The second kappa shape index (κ2) is 4.18. The number of hydrogen-bond donors (Lipinski definition) is 0. The van der Waals surface area contributed by atoms with Crippen LogP contribution in [0.4, 0.5) is 0 Å². The number of halogens is 1. The molecule has 0 saturated carbocycles. The van der Waals surface area contributed by atoms with E-state index in [1.807, 2.05) is 0 Å². The standard InChI is InChI=1S/C13H15Cl/c1-10-2-4-11(5-3-10)8-12-6-7-13(14)9-12/h2-5,9,13H,6-8H2,1H3. The Morgan fingerprint density at radius 2 is 2.00 bits per heavy atom. The molecule has 0 fully saturated rings. The maximum absolute atomic E-state index is 6.02. The first-order valence-corrected chi connectivity index (χ1v) is 5.57. The molecule has 1 aliphatic carbocycles. The summed E-state index contributed by atoms with van der Waals surface area (Å²) >= 11 is 6.02. The molecule has 0 nitrogen and oxygen atoms in total. The summed E-state index contributed by atoms with van der Waals surface area (Å²) in [6.45, 7) is 2.12. The molecule has 0 N–H and O–H groups in total. The Bertz CT molecular complexity index is 335. The molecule has 2 rings (SSSR count). The second-order valence-corrected chi connectivity index (χ2v) is 4.60. The molecule has 0 spiro atoms. The summed E-state index contributed by atoms with van der Waals surface area (Å²) in [5.41, 5.74) is 4.21. The Balaban J connectivity index is 2.04. The fourth-order valence-corrected chi connectivity index (χ4v) is 2.15. The first-order valence-electron chi connectivity index (χ1n) is 5.13. The number of allylic oxidation sites excluding steroid dienone is 2. The van der Waals surface area contributed by atoms with Gasteiger partial charge in [-0.1, -0.05) is 41.5 Å². The van der Waals surface area contributed by atoms with Gasteiger partial charge in [0.1, 0.15) is 0 Å². The minimum absolute atomic E-state index is 0.274. The highest BCUT2D eigenvalue weighted by atomic mass is 35.5. The van der Waals surface area contributed by atoms with E-state index in [1.54, 1.807) is 0 Å². The average Bonchev–Trinajstić information content (AvgIpc) is 2.56. The minimum atomic E-state index is 0.274. The van der Waals surface area contributed by atoms with Crippen LogP contribution < -0.4 is 0 Å². The zero-order valence-electron chi connectivity index (χ0n) is 8.46. The summed E-state index contributed by atoms with van der Waals surface area (Å²) in [5, 5.41) is 0.274. The van der Waals surface area contributed by atoms with Crippen molar-refractivity contribution < 1.29 is 0 Å². The molecular weight excluding hydrogens is 192 g/mol. The number of hydrogen-bond acceptors (Lipinski definition) is 0. The van der Waals surface area contributed by atoms with Gasteiger partial charge in [0.15, 0.2) is 0 Å². The lowest BCUT2D eigenvalue weighted by molar-refractivity contribution is 0.892. The van der Waals surface area contributed by atoms with Crippen LogP contribution in [0, 0.1) is 6.92 Å². The summed E-state index contributed by atoms with van der Waals surface area (Å²) in [5.74, 6) is 0. The summed E-state index contributed by atoms with van der Waals surface area (Å²) in [7, 11) is 0. The Morgan fingerprint density at radius 3 is 2.57 bits per heavy atom. The van der Waals surface area contributed by atoms with Gasteiger partial charge >= 0.3 is 0 Å². The van der Waals surface area contributed by atoms with Gasteiger partial charge in [0.05, 0.1) is 5.38 Å². The molecule has 1 aromatic rings. The van der Waals surface area contributed by atoms with Crippen molar-refractivity contribution in [1.82, 2.24) is 0 Å². The van der Waals surface area contributed by atoms with E-state index in [1.165, 1.54) is 23.1 Å². The molecule has 1 heteroatoms. The highest BCUT2D eigenvalue weighted by molar-refractivity contribution is 6.22. The Kier molecular flexibility index (Phi) is 2.93. The van der Waals surface area contributed by atoms with E-state index in [9.17, 15) is 0 Å². The van der Waals surface area contributed by atoms with Crippen molar-refractivity contribution in [2.24, 2.45) is 0 Å². The van der Waals surface area contributed by atoms with Gasteiger partial charge in [-0.25, -0.2) is 0 Å². The maximum atomic E-state index is 6.02. The summed E-state index contributed by atoms with van der Waals surface area (Å²) in [6, 6.07) is 8.75. The number of alkyl halides is 1. The lowest BCUT2D eigenvalue weighted by Crippen LogP contribution is -1.87. The molecule has 1 unspecified atom stereocenters. The molecule has 1 aromatic carbocycles. The number of aryl methyl sites for hydroxylation is 1. The van der Waals surface area contributed by atoms with Crippen molar-refractivity contribution in [2.45, 2.75) is 31.6 Å². The fourth-order valence-electron chi connectivity index (χ4n) is 1.86. The number of benzene rings is 1. The summed E-state index contributed by atoms with van der Waals surface area (Å²) in [6.07, 6.45) is 5.57. The zero-order chi connectivity index (χ0) is 9.97. The van der Waals surface area contributed by atoms with Gasteiger partial charge in [-0.2, -0.15) is 0 Å². The van der Waals surface area contributed by atoms with Crippen molar-refractivity contribution in [2.75, 3.05) is 0 Å². The largest absolute Gasteiger partial charge is 0.118 e. The molecular formula is C13H15Cl. The molecule has 0 bridgehead atoms. The first-order chi connectivity index (χ1) is 6.74. The van der Waals surface area contributed by atoms with Crippen LogP contribution in [0.2, 0.25) is 0 Å². The monoisotopic (exact) mass is 206 g/mol. The van der Waals surface area contributed by atoms with Gasteiger partial charge in [-0.3, -0.25) is 0 Å². The molecule has 0 radical (unpaired) electrons. The zero-order valence-corrected chi connectivity index (χ0v) is 9.22. The molecule has 0 amide bonds. The second-order valence-electron chi connectivity index (χ2n) is 4.04. The topological polar surface area (TPSA) is 0 Å². The molecule has 74 valence electrons. The van der Waals surface area contributed by atoms with Crippen molar-refractivity contribution in [3.8, 4) is 0 Å². The van der Waals surface area contributed by atoms with E-state index in [2.05, 4.69) is 37.3 Å². The Labute approximate surface area is 90.6 Å². The molecule has 0 aromatic heterocycles. The van der Waals surface area contributed by atoms with Crippen LogP contribution in [0.5, 0.6) is 0 Å². The lowest BCUT2D eigenvalue weighted by atomic mass is 10.0. The lowest BCUT2D eigenvalue weighted by Gasteiger charge is -2.02. The van der Waals surface area contributed by atoms with Crippen molar-refractivity contribution in [3.05, 3.63) is 47.0 Å². The average molecular weight is 207 g/mol. The van der Waals surface area contributed by atoms with E-state index in [0.29, 0.717) is 0 Å². The van der Waals surface area contributed by atoms with Gasteiger partial charge in [0.25, 0.3) is 0 Å². The predicted molar refractivity (Wildman–Crippen MR) is 61.8 cm³/mol. The van der Waals surface area contributed by atoms with Crippen LogP contribution >= 0.6 is 11.6 Å². The Morgan fingerprint density at radius 1 is 1.29 bits per heavy atom. The van der Waals surface area contributed by atoms with Crippen LogP contribution in [0.1, 0.15) is 24.0 Å². The van der Waals surface area contributed by atoms with Crippen LogP contribution in [0.15, 0.2) is 35.9 Å². The molecule has 1 aliphatic rings. The predicted octanol–water partition coefficient (Wildman–Crippen LogP) is 3.87. The number of rotatable bonds is 2. The minimum Gasteiger partial charge on any atom is -0.118 e. The molecule has 1 atom stereocenters. The van der Waals surface area contributed by atoms with E-state index in [-0.39, 0.29) is 5.38 Å². The van der Waals surface area contributed by atoms with Crippen LogP contribution in [0.3, 0.4) is 0 Å². The molecule has 0 aliphatic heterocycles. The van der Waals surface area contributed by atoms with Crippen molar-refractivity contribution in [3.63, 3.8) is 0 Å². The summed E-state index contributed by atoms with van der Waals surface area (Å²) in [4.78, 5) is 0. The van der Waals surface area contributed by atoms with E-state index in [0.717, 1.165) is 12.8 Å². The van der Waals surface area contributed by atoms with Gasteiger partial charge in [-0.05, 0) is 31.7 Å². The van der Waals surface area contributed by atoms with Gasteiger partial charge in [0.2, 0.25) is 0 Å². The van der Waals surface area contributed by atoms with Crippen LogP contribution in [-0.4, -0.2) is 5.38 Å². The third-order valence-electron chi connectivity index (χ3n) is 2.71. The van der Waals surface area contributed by atoms with Crippen molar-refractivity contribution in [1.29, 1.82) is 0 Å². The summed E-state index contributed by atoms with van der Waals surface area (Å²) < 4.78 is 0. The molecule has 14 heavy (non-hydrogen) atoms. The molecule has 0 saturated heterocycles. The quantitative estimate of drug-likeness (QED) is 0.509. The third kappa shape index (κ3) is 2.39. The maximum Gasteiger partial charge on any atom is 0.0521 e. The van der Waals surface area contributed by atoms with Crippen molar-refractivity contribution >= 4 is 11.6 Å². The van der Waals surface area contributed by atoms with E-state index >= 15 is 0 Å². The van der Waals surface area contributed by atoms with Crippen LogP contribution in [0.25, 0.3) is 0 Å². The normalized spacial score (nSPS) is 21.0. The fraction of sp³-hybridized carbons (Fsp3) is 0.385. The highest BCUT2D eigenvalue weighted by Gasteiger charge is 2.12. The highest BCUT2D eigenvalue weighted by Crippen LogP contribution is 2.25. The van der Waals surface area contributed by atoms with Gasteiger partial charge in [-0.15, -0.1) is 11.6 Å². The SMILES string of the molecule is Cc1ccc(CC2=CC(Cl)CC2)cc1.